The molecule has 1 amide bonds. The first-order valence-corrected chi connectivity index (χ1v) is 9.86. The highest BCUT2D eigenvalue weighted by Gasteiger charge is 2.63. The summed E-state index contributed by atoms with van der Waals surface area (Å²) in [5, 5.41) is 6.87. The Bertz CT molecular complexity index is 686. The Morgan fingerprint density at radius 2 is 2.23 bits per heavy atom. The number of aryl methyl sites for hydroxylation is 1. The molecule has 0 unspecified atom stereocenters. The fourth-order valence-electron chi connectivity index (χ4n) is 5.60. The molecule has 4 saturated heterocycles. The molecule has 4 aliphatic heterocycles. The molecule has 7 nitrogen and oxygen atoms in total. The first kappa shape index (κ1) is 16.7. The number of hydrogen-bond acceptors (Lipinski definition) is 6. The van der Waals surface area contributed by atoms with Gasteiger partial charge in [-0.25, -0.2) is 0 Å². The molecule has 0 radical (unpaired) electrons. The van der Waals surface area contributed by atoms with Crippen molar-refractivity contribution in [3.8, 4) is 0 Å². The van der Waals surface area contributed by atoms with E-state index in [9.17, 15) is 4.79 Å². The highest BCUT2D eigenvalue weighted by Crippen LogP contribution is 2.55. The molecular weight excluding hydrogens is 334 g/mol. The van der Waals surface area contributed by atoms with Gasteiger partial charge in [-0.15, -0.1) is 0 Å². The third-order valence-corrected chi connectivity index (χ3v) is 6.88. The van der Waals surface area contributed by atoms with Crippen LogP contribution in [-0.2, 0) is 9.47 Å². The molecule has 5 rings (SSSR count). The van der Waals surface area contributed by atoms with Gasteiger partial charge in [0.25, 0.3) is 5.91 Å². The zero-order chi connectivity index (χ0) is 17.7. The second-order valence-corrected chi connectivity index (χ2v) is 8.34. The van der Waals surface area contributed by atoms with Crippen LogP contribution in [0.2, 0.25) is 0 Å². The number of aromatic nitrogens is 1. The van der Waals surface area contributed by atoms with Crippen LogP contribution in [0.25, 0.3) is 0 Å². The zero-order valence-corrected chi connectivity index (χ0v) is 15.3. The molecule has 26 heavy (non-hydrogen) atoms. The summed E-state index contributed by atoms with van der Waals surface area (Å²) in [5.41, 5.74) is 0.375. The summed E-state index contributed by atoms with van der Waals surface area (Å²) in [6.45, 7) is 6.33. The quantitative estimate of drug-likeness (QED) is 0.873. The van der Waals surface area contributed by atoms with Gasteiger partial charge < -0.3 is 19.3 Å². The molecule has 142 valence electrons. The van der Waals surface area contributed by atoms with Crippen molar-refractivity contribution in [2.45, 2.75) is 50.4 Å². The normalized spacial score (nSPS) is 37.2. The lowest BCUT2D eigenvalue weighted by Gasteiger charge is -2.32. The molecule has 0 aromatic carbocycles. The third-order valence-electron chi connectivity index (χ3n) is 6.88. The van der Waals surface area contributed by atoms with E-state index in [1.165, 1.54) is 0 Å². The van der Waals surface area contributed by atoms with Crippen molar-refractivity contribution in [1.82, 2.24) is 15.4 Å². The van der Waals surface area contributed by atoms with E-state index in [-0.39, 0.29) is 17.6 Å². The molecule has 0 aliphatic carbocycles. The van der Waals surface area contributed by atoms with Crippen LogP contribution in [-0.4, -0.2) is 66.6 Å². The lowest BCUT2D eigenvalue weighted by Crippen LogP contribution is -2.42. The van der Waals surface area contributed by atoms with Crippen LogP contribution in [0.5, 0.6) is 0 Å². The van der Waals surface area contributed by atoms with E-state index in [1.54, 1.807) is 13.0 Å². The maximum absolute atomic E-state index is 12.3. The highest BCUT2D eigenvalue weighted by atomic mass is 16.5. The molecule has 1 aromatic rings. The van der Waals surface area contributed by atoms with E-state index in [0.29, 0.717) is 35.9 Å². The molecule has 4 atom stereocenters. The Labute approximate surface area is 153 Å². The number of ether oxygens (including phenoxy) is 2. The first-order chi connectivity index (χ1) is 12.6. The third kappa shape index (κ3) is 2.68. The Morgan fingerprint density at radius 1 is 1.38 bits per heavy atom. The van der Waals surface area contributed by atoms with Crippen molar-refractivity contribution < 1.29 is 18.8 Å². The number of nitrogens with zero attached hydrogens (tertiary/aromatic N) is 2. The first-order valence-electron chi connectivity index (χ1n) is 9.86. The van der Waals surface area contributed by atoms with Crippen LogP contribution in [0.4, 0.5) is 0 Å². The van der Waals surface area contributed by atoms with Crippen LogP contribution < -0.4 is 5.32 Å². The predicted octanol–water partition coefficient (Wildman–Crippen LogP) is 1.37. The summed E-state index contributed by atoms with van der Waals surface area (Å²) < 4.78 is 17.0. The maximum Gasteiger partial charge on any atom is 0.273 e. The second kappa shape index (κ2) is 6.32. The fraction of sp³-hybridized carbons (Fsp3) is 0.789. The number of rotatable bonds is 4. The van der Waals surface area contributed by atoms with Crippen molar-refractivity contribution in [3.05, 3.63) is 17.5 Å². The van der Waals surface area contributed by atoms with Crippen molar-refractivity contribution in [2.75, 3.05) is 32.8 Å². The Balaban J connectivity index is 1.25. The van der Waals surface area contributed by atoms with Gasteiger partial charge in [0.2, 0.25) is 0 Å². The smallest absolute Gasteiger partial charge is 0.273 e. The molecule has 7 heteroatoms. The van der Waals surface area contributed by atoms with E-state index >= 15 is 0 Å². The number of nitrogens with one attached hydrogen (secondary N) is 1. The van der Waals surface area contributed by atoms with Gasteiger partial charge in [-0.05, 0) is 32.6 Å². The van der Waals surface area contributed by atoms with Gasteiger partial charge >= 0.3 is 0 Å². The molecule has 4 aliphatic rings. The molecule has 2 bridgehead atoms. The van der Waals surface area contributed by atoms with Gasteiger partial charge in [0, 0.05) is 56.8 Å². The van der Waals surface area contributed by atoms with Gasteiger partial charge in [-0.3, -0.25) is 9.69 Å². The SMILES string of the molecule is Cc1cc(C(=O)NC[C@H]2[C@H]3CN(C4CCOCC4)C[C@]34CC[C@H]2O4)no1. The van der Waals surface area contributed by atoms with Gasteiger partial charge in [0.1, 0.15) is 5.76 Å². The van der Waals surface area contributed by atoms with Gasteiger partial charge in [-0.1, -0.05) is 5.16 Å². The Hall–Kier alpha value is -1.44. The largest absolute Gasteiger partial charge is 0.381 e. The van der Waals surface area contributed by atoms with Crippen LogP contribution >= 0.6 is 0 Å². The average molecular weight is 361 g/mol. The minimum atomic E-state index is -0.155. The van der Waals surface area contributed by atoms with E-state index in [0.717, 1.165) is 52.0 Å². The van der Waals surface area contributed by atoms with Crippen LogP contribution in [0, 0.1) is 18.8 Å². The lowest BCUT2D eigenvalue weighted by molar-refractivity contribution is -0.0122. The van der Waals surface area contributed by atoms with Crippen LogP contribution in [0.15, 0.2) is 10.6 Å². The number of fused-ring (bicyclic) bond motifs is 1. The molecule has 1 aromatic heterocycles. The highest BCUT2D eigenvalue weighted by molar-refractivity contribution is 5.92. The predicted molar refractivity (Wildman–Crippen MR) is 92.8 cm³/mol. The molecule has 0 saturated carbocycles. The molecule has 1 spiro atoms. The van der Waals surface area contributed by atoms with E-state index in [2.05, 4.69) is 15.4 Å². The summed E-state index contributed by atoms with van der Waals surface area (Å²) >= 11 is 0. The minimum Gasteiger partial charge on any atom is -0.381 e. The van der Waals surface area contributed by atoms with Crippen molar-refractivity contribution in [1.29, 1.82) is 0 Å². The topological polar surface area (TPSA) is 76.8 Å². The lowest BCUT2D eigenvalue weighted by atomic mass is 9.73. The molecule has 1 N–H and O–H groups in total. The van der Waals surface area contributed by atoms with Crippen molar-refractivity contribution >= 4 is 5.91 Å². The summed E-state index contributed by atoms with van der Waals surface area (Å²) in [4.78, 5) is 15.0. The Kier molecular flexibility index (Phi) is 4.06. The Morgan fingerprint density at radius 3 is 3.00 bits per heavy atom. The maximum atomic E-state index is 12.3. The average Bonchev–Trinajstić information content (AvgIpc) is 3.40. The molecule has 5 heterocycles. The van der Waals surface area contributed by atoms with E-state index in [1.807, 2.05) is 0 Å². The monoisotopic (exact) mass is 361 g/mol. The number of carbonyl (C=O) groups excluding carboxylic acids is 1. The number of carbonyl (C=O) groups is 1. The van der Waals surface area contributed by atoms with Crippen LogP contribution in [0.1, 0.15) is 41.9 Å². The van der Waals surface area contributed by atoms with Crippen LogP contribution in [0.3, 0.4) is 0 Å². The molecular formula is C19H27N3O4. The zero-order valence-electron chi connectivity index (χ0n) is 15.3. The summed E-state index contributed by atoms with van der Waals surface area (Å²) in [6, 6.07) is 2.30. The second-order valence-electron chi connectivity index (χ2n) is 8.34. The fourth-order valence-corrected chi connectivity index (χ4v) is 5.60. The van der Waals surface area contributed by atoms with Crippen molar-refractivity contribution in [3.63, 3.8) is 0 Å². The van der Waals surface area contributed by atoms with Crippen molar-refractivity contribution in [2.24, 2.45) is 11.8 Å². The van der Waals surface area contributed by atoms with E-state index < -0.39 is 0 Å². The molecule has 4 fully saturated rings. The summed E-state index contributed by atoms with van der Waals surface area (Å²) in [5.74, 6) is 1.41. The minimum absolute atomic E-state index is 0.0167. The van der Waals surface area contributed by atoms with Gasteiger partial charge in [-0.2, -0.15) is 0 Å². The number of amides is 1. The van der Waals surface area contributed by atoms with Gasteiger partial charge in [0.05, 0.1) is 11.7 Å². The standard InChI is InChI=1S/C19H27N3O4/c1-12-8-16(21-26-12)18(23)20-9-14-15-10-22(13-3-6-24-7-4-13)11-19(15)5-2-17(14)25-19/h8,13-15,17H,2-7,9-11H2,1H3,(H,20,23)/t14-,15+,17+,19+/m0/s1. The number of hydrogen-bond donors (Lipinski definition) is 1. The van der Waals surface area contributed by atoms with Gasteiger partial charge in [0.15, 0.2) is 5.69 Å². The summed E-state index contributed by atoms with van der Waals surface area (Å²) in [7, 11) is 0. The summed E-state index contributed by atoms with van der Waals surface area (Å²) in [6.07, 6.45) is 4.81. The van der Waals surface area contributed by atoms with E-state index in [4.69, 9.17) is 14.0 Å². The number of likely N-dealkylation sites (tertiary alicyclic amines) is 1.